The van der Waals surface area contributed by atoms with Gasteiger partial charge in [0.1, 0.15) is 29.3 Å². The molecule has 0 unspecified atom stereocenters. The minimum Gasteiger partial charge on any atom is -0.292 e. The molecule has 0 aliphatic rings. The van der Waals surface area contributed by atoms with Crippen LogP contribution in [0.5, 0.6) is 0 Å². The Hall–Kier alpha value is -14.9. The fraction of sp³-hybridized carbons (Fsp3) is 0.0722. The molecule has 0 amide bonds. The van der Waals surface area contributed by atoms with Gasteiger partial charge in [0.25, 0.3) is 0 Å². The first-order chi connectivity index (χ1) is 55.5. The molecule has 0 N–H and O–H groups in total. The fourth-order valence-electron chi connectivity index (χ4n) is 13.6. The highest BCUT2D eigenvalue weighted by atomic mass is 15.3. The van der Waals surface area contributed by atoms with Gasteiger partial charge < -0.3 is 0 Å². The highest BCUT2D eigenvalue weighted by Crippen LogP contribution is 2.35. The molecule has 16 nitrogen and oxygen atoms in total. The first kappa shape index (κ1) is 73.6. The third-order valence-corrected chi connectivity index (χ3v) is 19.0. The Bertz CT molecular complexity index is 6530. The van der Waals surface area contributed by atoms with Crippen molar-refractivity contribution in [1.82, 2.24) is 78.2 Å². The predicted octanol–water partition coefficient (Wildman–Crippen LogP) is 22.4. The quantitative estimate of drug-likeness (QED) is 0.144. The molecule has 0 spiro atoms. The second kappa shape index (κ2) is 34.6. The van der Waals surface area contributed by atoms with Gasteiger partial charge in [0.2, 0.25) is 0 Å². The van der Waals surface area contributed by atoms with Crippen molar-refractivity contribution in [3.63, 3.8) is 0 Å². The number of fused-ring (bicyclic) bond motifs is 16. The van der Waals surface area contributed by atoms with Gasteiger partial charge in [0, 0.05) is 97.7 Å². The first-order valence-corrected chi connectivity index (χ1v) is 37.3. The smallest absolute Gasteiger partial charge is 0.168 e. The molecule has 0 atom stereocenters. The van der Waals surface area contributed by atoms with Crippen LogP contribution in [0.25, 0.3) is 133 Å². The number of aryl methyl sites for hydroxylation is 7. The van der Waals surface area contributed by atoms with Crippen LogP contribution < -0.4 is 0 Å². The molecule has 21 rings (SSSR count). The molecule has 113 heavy (non-hydrogen) atoms. The molecule has 0 saturated carbocycles. The van der Waals surface area contributed by atoms with Crippen molar-refractivity contribution < 1.29 is 0 Å². The summed E-state index contributed by atoms with van der Waals surface area (Å²) in [5, 5.41) is 23.6. The summed E-state index contributed by atoms with van der Waals surface area (Å²) in [5.41, 5.74) is 23.8. The number of pyridine rings is 8. The van der Waals surface area contributed by atoms with Crippen LogP contribution in [-0.4, -0.2) is 78.2 Å². The van der Waals surface area contributed by atoms with Crippen LogP contribution >= 0.6 is 0 Å². The van der Waals surface area contributed by atoms with E-state index in [-0.39, 0.29) is 0 Å². The lowest BCUT2D eigenvalue weighted by molar-refractivity contribution is 0.969. The van der Waals surface area contributed by atoms with Crippen LogP contribution in [0.4, 0.5) is 0 Å². The van der Waals surface area contributed by atoms with Crippen LogP contribution in [0, 0.1) is 48.5 Å². The largest absolute Gasteiger partial charge is 0.292 e. The Morgan fingerprint density at radius 3 is 1.35 bits per heavy atom. The highest BCUT2D eigenvalue weighted by molar-refractivity contribution is 6.15. The Morgan fingerprint density at radius 1 is 0.274 bits per heavy atom. The maximum atomic E-state index is 4.92. The molecule has 21 aromatic rings. The van der Waals surface area contributed by atoms with Crippen molar-refractivity contribution in [2.24, 2.45) is 0 Å². The van der Waals surface area contributed by atoms with E-state index in [0.717, 1.165) is 108 Å². The number of benzene rings is 9. The summed E-state index contributed by atoms with van der Waals surface area (Å²) in [6.45, 7) is 14.1. The Balaban J connectivity index is 0.000000106. The summed E-state index contributed by atoms with van der Waals surface area (Å²) in [6.07, 6.45) is 10.6. The SMILES string of the molecule is Cc1ccc2c(c1)nc1c3ccccc3c3ccccc3n21.Cc1ccc2nc3c4ccccc4c4ccccc4n3c2c1.Cc1cccc(-c2ccccn2)n1.Cc1cccc(-c2cccnc2)n1.Cc1cccc(-c2ccncc2)n1.Cc1nnc(-c2ccccc2)n1-c1ccccc1.Cc1nncn1-c1ccccc1. The molecule has 0 aliphatic heterocycles. The molecule has 16 heteroatoms. The number of para-hydroxylation sites is 4. The second-order valence-electron chi connectivity index (χ2n) is 27.0. The van der Waals surface area contributed by atoms with E-state index in [9.17, 15) is 0 Å². The molecule has 9 aromatic carbocycles. The monoisotopic (exact) mass is 1470 g/mol. The van der Waals surface area contributed by atoms with Crippen LogP contribution in [0.1, 0.15) is 39.9 Å². The van der Waals surface area contributed by atoms with E-state index >= 15 is 0 Å². The Labute approximate surface area is 654 Å². The zero-order valence-electron chi connectivity index (χ0n) is 63.7. The zero-order chi connectivity index (χ0) is 77.4. The minimum absolute atomic E-state index is 0.874. The maximum absolute atomic E-state index is 4.92. The summed E-state index contributed by atoms with van der Waals surface area (Å²) in [5.74, 6) is 2.67. The van der Waals surface area contributed by atoms with E-state index in [1.54, 1.807) is 31.1 Å². The molecule has 0 aliphatic carbocycles. The molecular formula is C97H80N16. The lowest BCUT2D eigenvalue weighted by Crippen LogP contribution is -1.99. The molecular weight excluding hydrogens is 1390 g/mol. The minimum atomic E-state index is 0.874. The average molecular weight is 1470 g/mol. The Morgan fingerprint density at radius 2 is 0.770 bits per heavy atom. The molecule has 12 heterocycles. The fourth-order valence-corrected chi connectivity index (χ4v) is 13.6. The van der Waals surface area contributed by atoms with Gasteiger partial charge in [0.05, 0.1) is 55.9 Å². The number of rotatable bonds is 6. The zero-order valence-corrected chi connectivity index (χ0v) is 63.7. The summed E-state index contributed by atoms with van der Waals surface area (Å²) in [6, 6.07) is 109. The summed E-state index contributed by atoms with van der Waals surface area (Å²) < 4.78 is 8.59. The van der Waals surface area contributed by atoms with E-state index in [4.69, 9.17) is 9.97 Å². The first-order valence-electron chi connectivity index (χ1n) is 37.3. The number of nitrogens with zero attached hydrogens (tertiary/aromatic N) is 16. The Kier molecular flexibility index (Phi) is 22.5. The van der Waals surface area contributed by atoms with E-state index in [0.29, 0.717) is 0 Å². The number of hydrogen-bond acceptors (Lipinski definition) is 12. The van der Waals surface area contributed by atoms with Gasteiger partial charge in [-0.2, -0.15) is 0 Å². The van der Waals surface area contributed by atoms with Crippen LogP contribution in [0.15, 0.2) is 359 Å². The van der Waals surface area contributed by atoms with E-state index in [1.165, 1.54) is 65.5 Å². The number of hydrogen-bond donors (Lipinski definition) is 0. The molecule has 548 valence electrons. The molecule has 0 bridgehead atoms. The second-order valence-corrected chi connectivity index (χ2v) is 27.0. The van der Waals surface area contributed by atoms with Gasteiger partial charge in [-0.1, -0.05) is 188 Å². The van der Waals surface area contributed by atoms with E-state index in [2.05, 4.69) is 223 Å². The average Bonchev–Trinajstić information content (AvgIpc) is 1.66. The topological polar surface area (TPSA) is 173 Å². The van der Waals surface area contributed by atoms with Gasteiger partial charge in [-0.25, -0.2) is 9.97 Å². The summed E-state index contributed by atoms with van der Waals surface area (Å²) in [4.78, 5) is 35.3. The van der Waals surface area contributed by atoms with Crippen LogP contribution in [-0.2, 0) is 0 Å². The third kappa shape index (κ3) is 16.9. The lowest BCUT2D eigenvalue weighted by Gasteiger charge is -2.08. The summed E-state index contributed by atoms with van der Waals surface area (Å²) in [7, 11) is 0. The van der Waals surface area contributed by atoms with E-state index in [1.807, 2.05) is 221 Å². The van der Waals surface area contributed by atoms with Crippen molar-refractivity contribution in [3.8, 4) is 56.7 Å². The van der Waals surface area contributed by atoms with Crippen molar-refractivity contribution in [1.29, 1.82) is 0 Å². The van der Waals surface area contributed by atoms with Crippen molar-refractivity contribution >= 4 is 76.7 Å². The normalized spacial score (nSPS) is 10.8. The summed E-state index contributed by atoms with van der Waals surface area (Å²) >= 11 is 0. The van der Waals surface area contributed by atoms with Crippen molar-refractivity contribution in [2.75, 3.05) is 0 Å². The predicted molar refractivity (Wildman–Crippen MR) is 459 cm³/mol. The van der Waals surface area contributed by atoms with Gasteiger partial charge in [-0.15, -0.1) is 20.4 Å². The van der Waals surface area contributed by atoms with Gasteiger partial charge in [-0.05, 0) is 204 Å². The molecule has 0 fully saturated rings. The molecule has 0 radical (unpaired) electrons. The highest BCUT2D eigenvalue weighted by Gasteiger charge is 2.17. The molecule has 12 aromatic heterocycles. The van der Waals surface area contributed by atoms with Gasteiger partial charge >= 0.3 is 0 Å². The number of imidazole rings is 2. The van der Waals surface area contributed by atoms with Crippen LogP contribution in [0.2, 0.25) is 0 Å². The number of aromatic nitrogens is 16. The van der Waals surface area contributed by atoms with Gasteiger partial charge in [0.15, 0.2) is 5.82 Å². The van der Waals surface area contributed by atoms with E-state index < -0.39 is 0 Å². The van der Waals surface area contributed by atoms with Crippen molar-refractivity contribution in [2.45, 2.75) is 48.5 Å². The maximum Gasteiger partial charge on any atom is 0.168 e. The lowest BCUT2D eigenvalue weighted by atomic mass is 10.1. The van der Waals surface area contributed by atoms with Crippen molar-refractivity contribution in [3.05, 3.63) is 399 Å². The standard InChI is InChI=1S/2C20H14N2.C15H13N3.3C11H10N2.C9H9N3/c1-13-10-11-19-17(12-13)21-20-16-8-3-2-6-14(16)15-7-4-5-9-18(15)22(19)20;1-13-10-11-17-19(12-13)22-18-9-5-4-7-15(18)14-6-2-3-8-16(14)20(22)21-17;1-12-16-17-15(13-8-4-2-5-9-13)18(12)14-10-6-3-7-11-14;1-9-4-2-6-11(13-9)10-5-3-7-12-8-10;1-9-5-4-7-11(13-9)10-6-2-3-8-12-10;1-9-3-2-4-11(13-9)10-5-7-12-8-6-10;1-8-11-10-7-12(8)9-5-3-2-4-6-9/h2*2-12H,1H3;2-11H,1H3;3*2-8H,1H3;2-7H,1H3. The molecule has 0 saturated heterocycles. The van der Waals surface area contributed by atoms with Crippen LogP contribution in [0.3, 0.4) is 0 Å². The van der Waals surface area contributed by atoms with Gasteiger partial charge in [-0.3, -0.25) is 47.8 Å². The third-order valence-electron chi connectivity index (χ3n) is 19.0.